The van der Waals surface area contributed by atoms with Gasteiger partial charge in [0.1, 0.15) is 17.2 Å². The lowest BCUT2D eigenvalue weighted by Gasteiger charge is -2.14. The number of alkyl halides is 3. The largest absolute Gasteiger partial charge is 0.421 e. The summed E-state index contributed by atoms with van der Waals surface area (Å²) >= 11 is 0. The molecular formula is C17H20F3N7. The zero-order chi connectivity index (χ0) is 19.4. The summed E-state index contributed by atoms with van der Waals surface area (Å²) in [5.74, 6) is 0.982. The Labute approximate surface area is 154 Å². The molecule has 4 rings (SSSR count). The summed E-state index contributed by atoms with van der Waals surface area (Å²) in [4.78, 5) is 7.69. The molecule has 0 bridgehead atoms. The van der Waals surface area contributed by atoms with E-state index in [9.17, 15) is 13.2 Å². The van der Waals surface area contributed by atoms with E-state index in [0.29, 0.717) is 24.3 Å². The van der Waals surface area contributed by atoms with Crippen LogP contribution in [0.3, 0.4) is 0 Å². The third-order valence-corrected chi connectivity index (χ3v) is 4.00. The molecule has 2 fully saturated rings. The molecule has 0 atom stereocenters. The molecule has 0 radical (unpaired) electrons. The Morgan fingerprint density at radius 3 is 2.56 bits per heavy atom. The van der Waals surface area contributed by atoms with Crippen molar-refractivity contribution in [3.63, 3.8) is 0 Å². The topological polar surface area (TPSA) is 91.4 Å². The lowest BCUT2D eigenvalue weighted by Crippen LogP contribution is -2.14. The van der Waals surface area contributed by atoms with Crippen LogP contribution in [-0.2, 0) is 6.18 Å². The number of nitriles is 1. The molecule has 27 heavy (non-hydrogen) atoms. The van der Waals surface area contributed by atoms with Gasteiger partial charge in [-0.25, -0.2) is 9.67 Å². The van der Waals surface area contributed by atoms with Gasteiger partial charge in [-0.05, 0) is 32.6 Å². The van der Waals surface area contributed by atoms with Crippen LogP contribution in [0.25, 0.3) is 0 Å². The average Bonchev–Trinajstić information content (AvgIpc) is 3.54. The first kappa shape index (κ1) is 18.9. The van der Waals surface area contributed by atoms with Gasteiger partial charge in [0.05, 0.1) is 18.3 Å². The van der Waals surface area contributed by atoms with E-state index in [-0.39, 0.29) is 11.8 Å². The minimum absolute atomic E-state index is 0.103. The minimum atomic E-state index is -4.49. The van der Waals surface area contributed by atoms with Gasteiger partial charge in [-0.1, -0.05) is 0 Å². The molecular weight excluding hydrogens is 359 g/mol. The van der Waals surface area contributed by atoms with Crippen molar-refractivity contribution in [2.45, 2.75) is 44.8 Å². The van der Waals surface area contributed by atoms with Gasteiger partial charge in [-0.15, -0.1) is 0 Å². The van der Waals surface area contributed by atoms with E-state index in [4.69, 9.17) is 5.26 Å². The second-order valence-electron chi connectivity index (χ2n) is 6.40. The van der Waals surface area contributed by atoms with E-state index >= 15 is 0 Å². The molecule has 2 aliphatic carbocycles. The molecule has 2 aromatic rings. The van der Waals surface area contributed by atoms with Crippen LogP contribution in [0, 0.1) is 17.2 Å². The number of rotatable bonds is 5. The molecule has 0 aliphatic heterocycles. The summed E-state index contributed by atoms with van der Waals surface area (Å²) in [6.07, 6.45) is 2.32. The predicted molar refractivity (Wildman–Crippen MR) is 93.3 cm³/mol. The molecule has 2 N–H and O–H groups in total. The second-order valence-corrected chi connectivity index (χ2v) is 6.40. The Bertz CT molecular complexity index is 817. The van der Waals surface area contributed by atoms with E-state index in [1.54, 1.807) is 23.9 Å². The Hall–Kier alpha value is -2.83. The molecule has 10 heteroatoms. The molecule has 0 spiro atoms. The van der Waals surface area contributed by atoms with Crippen LogP contribution < -0.4 is 10.6 Å². The third kappa shape index (κ3) is 5.09. The number of nitrogens with zero attached hydrogens (tertiary/aromatic N) is 5. The second kappa shape index (κ2) is 7.82. The number of halogens is 3. The van der Waals surface area contributed by atoms with Gasteiger partial charge in [0.15, 0.2) is 0 Å². The van der Waals surface area contributed by atoms with Crippen molar-refractivity contribution in [2.24, 2.45) is 5.92 Å². The highest BCUT2D eigenvalue weighted by atomic mass is 19.4. The SMILES string of the molecule is CCNc1nc(Nc2ccnn2C2CC2)ncc1C(F)(F)F.N#CC1CC1. The van der Waals surface area contributed by atoms with Crippen LogP contribution >= 0.6 is 0 Å². The van der Waals surface area contributed by atoms with Crippen molar-refractivity contribution in [1.82, 2.24) is 19.7 Å². The highest BCUT2D eigenvalue weighted by Crippen LogP contribution is 2.37. The molecule has 7 nitrogen and oxygen atoms in total. The van der Waals surface area contributed by atoms with Gasteiger partial charge >= 0.3 is 6.18 Å². The number of nitrogens with one attached hydrogen (secondary N) is 2. The van der Waals surface area contributed by atoms with Crippen molar-refractivity contribution >= 4 is 17.6 Å². The lowest BCUT2D eigenvalue weighted by atomic mass is 10.3. The third-order valence-electron chi connectivity index (χ3n) is 4.00. The molecule has 0 saturated heterocycles. The average molecular weight is 379 g/mol. The molecule has 0 aromatic carbocycles. The Balaban J connectivity index is 0.000000364. The molecule has 144 valence electrons. The van der Waals surface area contributed by atoms with E-state index < -0.39 is 11.7 Å². The van der Waals surface area contributed by atoms with Crippen LogP contribution in [0.5, 0.6) is 0 Å². The van der Waals surface area contributed by atoms with Crippen LogP contribution in [0.15, 0.2) is 18.5 Å². The monoisotopic (exact) mass is 379 g/mol. The van der Waals surface area contributed by atoms with E-state index in [1.807, 2.05) is 0 Å². The summed E-state index contributed by atoms with van der Waals surface area (Å²) in [5, 5.41) is 17.7. The summed E-state index contributed by atoms with van der Waals surface area (Å²) < 4.78 is 40.5. The highest BCUT2D eigenvalue weighted by Gasteiger charge is 2.35. The first-order chi connectivity index (χ1) is 12.9. The van der Waals surface area contributed by atoms with Gasteiger partial charge in [0.25, 0.3) is 0 Å². The van der Waals surface area contributed by atoms with Crippen molar-refractivity contribution < 1.29 is 13.2 Å². The molecule has 2 aliphatic rings. The van der Waals surface area contributed by atoms with Crippen molar-refractivity contribution in [3.8, 4) is 6.07 Å². The highest BCUT2D eigenvalue weighted by molar-refractivity contribution is 5.54. The van der Waals surface area contributed by atoms with Crippen LogP contribution in [-0.4, -0.2) is 26.3 Å². The lowest BCUT2D eigenvalue weighted by molar-refractivity contribution is -0.137. The van der Waals surface area contributed by atoms with Crippen LogP contribution in [0.2, 0.25) is 0 Å². The Kier molecular flexibility index (Phi) is 5.48. The van der Waals surface area contributed by atoms with Gasteiger partial charge in [0.2, 0.25) is 5.95 Å². The normalized spacial score (nSPS) is 16.1. The smallest absolute Gasteiger partial charge is 0.370 e. The van der Waals surface area contributed by atoms with Gasteiger partial charge in [-0.3, -0.25) is 0 Å². The van der Waals surface area contributed by atoms with Crippen LogP contribution in [0.1, 0.15) is 44.2 Å². The van der Waals surface area contributed by atoms with Crippen LogP contribution in [0.4, 0.5) is 30.8 Å². The number of hydrogen-bond acceptors (Lipinski definition) is 6. The van der Waals surface area contributed by atoms with Crippen molar-refractivity contribution in [1.29, 1.82) is 5.26 Å². The fourth-order valence-corrected chi connectivity index (χ4v) is 2.30. The van der Waals surface area contributed by atoms with Gasteiger partial charge < -0.3 is 10.6 Å². The zero-order valence-corrected chi connectivity index (χ0v) is 14.8. The number of aromatic nitrogens is 4. The molecule has 2 saturated carbocycles. The first-order valence-electron chi connectivity index (χ1n) is 8.80. The van der Waals surface area contributed by atoms with Crippen molar-refractivity contribution in [2.75, 3.05) is 17.2 Å². The standard InChI is InChI=1S/C13H15F3N6.C4H5N/c1-2-17-11-9(13(14,15)16)7-18-12(21-11)20-10-5-6-19-22(10)8-3-4-8;5-3-4-1-2-4/h5-8H,2-4H2,1H3,(H2,17,18,20,21);4H,1-2H2. The van der Waals surface area contributed by atoms with E-state index in [0.717, 1.165) is 31.9 Å². The van der Waals surface area contributed by atoms with Gasteiger partial charge in [-0.2, -0.15) is 28.5 Å². The summed E-state index contributed by atoms with van der Waals surface area (Å²) in [7, 11) is 0. The maximum atomic E-state index is 12.9. The van der Waals surface area contributed by atoms with E-state index in [1.165, 1.54) is 0 Å². The Morgan fingerprint density at radius 1 is 1.30 bits per heavy atom. The fraction of sp³-hybridized carbons (Fsp3) is 0.529. The number of anilines is 3. The maximum absolute atomic E-state index is 12.9. The van der Waals surface area contributed by atoms with Crippen molar-refractivity contribution in [3.05, 3.63) is 24.0 Å². The zero-order valence-electron chi connectivity index (χ0n) is 14.8. The first-order valence-corrected chi connectivity index (χ1v) is 8.80. The fourth-order valence-electron chi connectivity index (χ4n) is 2.30. The Morgan fingerprint density at radius 2 is 2.04 bits per heavy atom. The minimum Gasteiger partial charge on any atom is -0.370 e. The maximum Gasteiger partial charge on any atom is 0.421 e. The quantitative estimate of drug-likeness (QED) is 0.812. The molecule has 2 heterocycles. The summed E-state index contributed by atoms with van der Waals surface area (Å²) in [5.41, 5.74) is -0.879. The van der Waals surface area contributed by atoms with E-state index in [2.05, 4.69) is 31.8 Å². The summed E-state index contributed by atoms with van der Waals surface area (Å²) in [6, 6.07) is 4.23. The predicted octanol–water partition coefficient (Wildman–Crippen LogP) is 4.12. The molecule has 2 aromatic heterocycles. The molecule has 0 amide bonds. The summed E-state index contributed by atoms with van der Waals surface area (Å²) in [6.45, 7) is 2.04. The molecule has 0 unspecified atom stereocenters. The number of hydrogen-bond donors (Lipinski definition) is 2. The van der Waals surface area contributed by atoms with Gasteiger partial charge in [0, 0.05) is 24.7 Å².